The summed E-state index contributed by atoms with van der Waals surface area (Å²) in [6.07, 6.45) is 3.02. The molecule has 1 saturated heterocycles. The highest BCUT2D eigenvalue weighted by atomic mass is 35.5. The number of hydrogen-bond donors (Lipinski definition) is 0. The molecule has 7 heteroatoms. The Balaban J connectivity index is 0.00000342. The van der Waals surface area contributed by atoms with Crippen LogP contribution in [0, 0.1) is 5.82 Å². The van der Waals surface area contributed by atoms with E-state index < -0.39 is 10.0 Å². The van der Waals surface area contributed by atoms with Crippen LogP contribution in [0.3, 0.4) is 0 Å². The highest BCUT2D eigenvalue weighted by molar-refractivity contribution is 7.89. The number of sulfonamides is 1. The van der Waals surface area contributed by atoms with Gasteiger partial charge in [0.05, 0.1) is 4.90 Å². The standard InChI is InChI=1S/C28H33FN2O2S.ClH/c1-30(34(32,33)28-13-6-3-7-14-28)22-26(25-11-8-12-27(29)21-25)17-20-31-18-15-24(16-19-31)23-9-4-2-5-10-23;/h2-14,21,24,26H,15-20,22H2,1H3;1H/t26-;/m0./s1. The molecule has 4 nitrogen and oxygen atoms in total. The number of likely N-dealkylation sites (N-methyl/N-ethyl adjacent to an activating group) is 1. The summed E-state index contributed by atoms with van der Waals surface area (Å²) >= 11 is 0. The quantitative estimate of drug-likeness (QED) is 0.354. The Hall–Kier alpha value is -2.25. The first-order valence-corrected chi connectivity index (χ1v) is 13.4. The van der Waals surface area contributed by atoms with Gasteiger partial charge in [-0.15, -0.1) is 12.4 Å². The summed E-state index contributed by atoms with van der Waals surface area (Å²) in [4.78, 5) is 2.73. The van der Waals surface area contributed by atoms with E-state index in [1.807, 2.05) is 6.07 Å². The van der Waals surface area contributed by atoms with Crippen molar-refractivity contribution in [1.82, 2.24) is 9.21 Å². The van der Waals surface area contributed by atoms with Gasteiger partial charge in [-0.1, -0.05) is 60.7 Å². The maximum atomic E-state index is 14.0. The van der Waals surface area contributed by atoms with Gasteiger partial charge in [-0.2, -0.15) is 0 Å². The molecule has 0 unspecified atom stereocenters. The molecule has 4 rings (SSSR count). The van der Waals surface area contributed by atoms with Gasteiger partial charge < -0.3 is 4.90 Å². The van der Waals surface area contributed by atoms with Crippen molar-refractivity contribution in [2.45, 2.75) is 36.0 Å². The first-order valence-electron chi connectivity index (χ1n) is 12.0. The van der Waals surface area contributed by atoms with E-state index in [-0.39, 0.29) is 29.0 Å². The molecule has 0 amide bonds. The number of nitrogens with zero attached hydrogens (tertiary/aromatic N) is 2. The van der Waals surface area contributed by atoms with Crippen LogP contribution in [0.4, 0.5) is 4.39 Å². The predicted octanol–water partition coefficient (Wildman–Crippen LogP) is 5.92. The predicted molar refractivity (Wildman–Crippen MR) is 142 cm³/mol. The maximum absolute atomic E-state index is 14.0. The lowest BCUT2D eigenvalue weighted by atomic mass is 9.89. The van der Waals surface area contributed by atoms with Crippen LogP contribution in [0.25, 0.3) is 0 Å². The minimum absolute atomic E-state index is 0. The monoisotopic (exact) mass is 516 g/mol. The van der Waals surface area contributed by atoms with Crippen LogP contribution in [0.15, 0.2) is 89.8 Å². The molecule has 0 spiro atoms. The molecular weight excluding hydrogens is 483 g/mol. The highest BCUT2D eigenvalue weighted by Gasteiger charge is 2.26. The number of likely N-dealkylation sites (tertiary alicyclic amines) is 1. The Kier molecular flexibility index (Phi) is 9.87. The molecule has 3 aromatic rings. The second-order valence-corrected chi connectivity index (χ2v) is 11.2. The molecule has 0 aromatic heterocycles. The smallest absolute Gasteiger partial charge is 0.242 e. The van der Waals surface area contributed by atoms with Crippen molar-refractivity contribution < 1.29 is 12.8 Å². The van der Waals surface area contributed by atoms with Crippen LogP contribution in [0.5, 0.6) is 0 Å². The van der Waals surface area contributed by atoms with Crippen LogP contribution in [0.1, 0.15) is 42.2 Å². The van der Waals surface area contributed by atoms with Crippen LogP contribution in [-0.2, 0) is 10.0 Å². The molecule has 0 aliphatic carbocycles. The van der Waals surface area contributed by atoms with Crippen LogP contribution in [-0.4, -0.2) is 50.8 Å². The summed E-state index contributed by atoms with van der Waals surface area (Å²) in [5, 5.41) is 0. The highest BCUT2D eigenvalue weighted by Crippen LogP contribution is 2.29. The molecule has 1 heterocycles. The van der Waals surface area contributed by atoms with Crippen molar-refractivity contribution in [3.8, 4) is 0 Å². The van der Waals surface area contributed by atoms with Gasteiger partial charge >= 0.3 is 0 Å². The zero-order chi connectivity index (χ0) is 24.0. The van der Waals surface area contributed by atoms with Gasteiger partial charge in [0.25, 0.3) is 0 Å². The Bertz CT molecular complexity index is 1150. The Morgan fingerprint density at radius 3 is 2.20 bits per heavy atom. The van der Waals surface area contributed by atoms with Crippen LogP contribution in [0.2, 0.25) is 0 Å². The van der Waals surface area contributed by atoms with Gasteiger partial charge in [-0.05, 0) is 86.1 Å². The maximum Gasteiger partial charge on any atom is 0.242 e. The Morgan fingerprint density at radius 1 is 0.943 bits per heavy atom. The summed E-state index contributed by atoms with van der Waals surface area (Å²) in [7, 11) is -2.00. The third-order valence-corrected chi connectivity index (χ3v) is 8.74. The molecule has 188 valence electrons. The van der Waals surface area contributed by atoms with Gasteiger partial charge in [0, 0.05) is 13.6 Å². The second-order valence-electron chi connectivity index (χ2n) is 9.17. The summed E-state index contributed by atoms with van der Waals surface area (Å²) in [5.74, 6) is 0.212. The fraction of sp³-hybridized carbons (Fsp3) is 0.357. The van der Waals surface area contributed by atoms with E-state index in [0.29, 0.717) is 12.5 Å². The Morgan fingerprint density at radius 2 is 1.57 bits per heavy atom. The molecule has 1 fully saturated rings. The van der Waals surface area contributed by atoms with E-state index in [2.05, 4.69) is 35.2 Å². The molecule has 1 aliphatic heterocycles. The number of hydrogen-bond acceptors (Lipinski definition) is 3. The molecule has 0 bridgehead atoms. The molecule has 3 aromatic carbocycles. The minimum Gasteiger partial charge on any atom is -0.303 e. The van der Waals surface area contributed by atoms with Crippen molar-refractivity contribution in [2.75, 3.05) is 33.2 Å². The average molecular weight is 517 g/mol. The lowest BCUT2D eigenvalue weighted by molar-refractivity contribution is 0.203. The zero-order valence-corrected chi connectivity index (χ0v) is 21.7. The Labute approximate surface area is 215 Å². The summed E-state index contributed by atoms with van der Waals surface area (Å²) in [6, 6.07) is 25.7. The van der Waals surface area contributed by atoms with E-state index >= 15 is 0 Å². The van der Waals surface area contributed by atoms with E-state index in [4.69, 9.17) is 0 Å². The van der Waals surface area contributed by atoms with Crippen molar-refractivity contribution in [3.63, 3.8) is 0 Å². The van der Waals surface area contributed by atoms with Crippen molar-refractivity contribution in [3.05, 3.63) is 102 Å². The largest absolute Gasteiger partial charge is 0.303 e. The van der Waals surface area contributed by atoms with Crippen molar-refractivity contribution in [1.29, 1.82) is 0 Å². The molecule has 0 radical (unpaired) electrons. The first kappa shape index (κ1) is 27.3. The van der Waals surface area contributed by atoms with Gasteiger partial charge in [-0.25, -0.2) is 17.1 Å². The molecule has 0 N–H and O–H groups in total. The normalized spacial score (nSPS) is 16.1. The third-order valence-electron chi connectivity index (χ3n) is 6.90. The van der Waals surface area contributed by atoms with Crippen molar-refractivity contribution in [2.24, 2.45) is 0 Å². The van der Waals surface area contributed by atoms with Gasteiger partial charge in [-0.3, -0.25) is 0 Å². The molecule has 35 heavy (non-hydrogen) atoms. The zero-order valence-electron chi connectivity index (χ0n) is 20.1. The number of halogens is 2. The summed E-state index contributed by atoms with van der Waals surface area (Å²) in [5.41, 5.74) is 2.25. The van der Waals surface area contributed by atoms with E-state index in [1.165, 1.54) is 22.0 Å². The molecule has 0 saturated carbocycles. The second kappa shape index (κ2) is 12.6. The SMILES string of the molecule is CN(C[C@H](CCN1CCC(c2ccccc2)CC1)c1cccc(F)c1)S(=O)(=O)c1ccccc1.Cl. The average Bonchev–Trinajstić information content (AvgIpc) is 2.87. The fourth-order valence-corrected chi connectivity index (χ4v) is 6.10. The lowest BCUT2D eigenvalue weighted by Gasteiger charge is -2.33. The fourth-order valence-electron chi connectivity index (χ4n) is 4.86. The summed E-state index contributed by atoms with van der Waals surface area (Å²) in [6.45, 7) is 3.21. The lowest BCUT2D eigenvalue weighted by Crippen LogP contribution is -2.36. The number of rotatable bonds is 9. The van der Waals surface area contributed by atoms with E-state index in [9.17, 15) is 12.8 Å². The molecule has 1 aliphatic rings. The third kappa shape index (κ3) is 7.14. The number of piperidine rings is 1. The number of benzene rings is 3. The van der Waals surface area contributed by atoms with E-state index in [1.54, 1.807) is 43.4 Å². The van der Waals surface area contributed by atoms with Crippen LogP contribution < -0.4 is 0 Å². The van der Waals surface area contributed by atoms with Gasteiger partial charge in [0.1, 0.15) is 5.82 Å². The van der Waals surface area contributed by atoms with Crippen LogP contribution >= 0.6 is 12.4 Å². The first-order chi connectivity index (χ1) is 16.4. The molecular formula is C28H34ClFN2O2S. The van der Waals surface area contributed by atoms with Crippen molar-refractivity contribution >= 4 is 22.4 Å². The van der Waals surface area contributed by atoms with Gasteiger partial charge in [0.2, 0.25) is 10.0 Å². The topological polar surface area (TPSA) is 40.6 Å². The molecule has 1 atom stereocenters. The van der Waals surface area contributed by atoms with E-state index in [0.717, 1.165) is 44.5 Å². The summed E-state index contributed by atoms with van der Waals surface area (Å²) < 4.78 is 41.6. The van der Waals surface area contributed by atoms with Gasteiger partial charge in [0.15, 0.2) is 0 Å². The minimum atomic E-state index is -3.61.